The lowest BCUT2D eigenvalue weighted by atomic mass is 9.98. The van der Waals surface area contributed by atoms with Crippen molar-refractivity contribution in [2.75, 3.05) is 0 Å². The molecule has 1 atom stereocenters. The van der Waals surface area contributed by atoms with Gasteiger partial charge in [0, 0.05) is 29.5 Å². The zero-order valence-electron chi connectivity index (χ0n) is 9.99. The first-order valence-electron chi connectivity index (χ1n) is 5.88. The molecule has 0 saturated carbocycles. The van der Waals surface area contributed by atoms with Gasteiger partial charge < -0.3 is 5.11 Å². The molecule has 94 valence electrons. The third kappa shape index (κ3) is 2.30. The molecule has 0 saturated heterocycles. The number of aliphatic hydroxyl groups is 1. The number of aromatic nitrogens is 2. The first kappa shape index (κ1) is 12.1. The molecule has 1 unspecified atom stereocenters. The van der Waals surface area contributed by atoms with E-state index in [2.05, 4.69) is 9.97 Å². The van der Waals surface area contributed by atoms with Crippen LogP contribution >= 0.6 is 11.6 Å². The average Bonchev–Trinajstić information content (AvgIpc) is 2.47. The molecule has 0 spiro atoms. The van der Waals surface area contributed by atoms with Crippen molar-refractivity contribution in [1.82, 2.24) is 9.97 Å². The smallest absolute Gasteiger partial charge is 0.129 e. The molecule has 0 aliphatic heterocycles. The molecule has 0 amide bonds. The number of nitrogens with zero attached hydrogens (tertiary/aromatic N) is 2. The Morgan fingerprint density at radius 2 is 1.95 bits per heavy atom. The molecule has 0 aliphatic carbocycles. The second-order valence-corrected chi connectivity index (χ2v) is 4.65. The molecule has 4 heteroatoms. The molecule has 0 aliphatic rings. The van der Waals surface area contributed by atoms with E-state index in [1.165, 1.54) is 0 Å². The van der Waals surface area contributed by atoms with Gasteiger partial charge in [0.2, 0.25) is 0 Å². The van der Waals surface area contributed by atoms with Crippen LogP contribution < -0.4 is 0 Å². The van der Waals surface area contributed by atoms with E-state index in [0.717, 1.165) is 16.3 Å². The molecule has 3 nitrogen and oxygen atoms in total. The van der Waals surface area contributed by atoms with Gasteiger partial charge in [0.05, 0.1) is 0 Å². The summed E-state index contributed by atoms with van der Waals surface area (Å²) in [5.41, 5.74) is 1.55. The quantitative estimate of drug-likeness (QED) is 0.726. The Morgan fingerprint density at radius 3 is 2.74 bits per heavy atom. The summed E-state index contributed by atoms with van der Waals surface area (Å²) in [5.74, 6) is 0. The van der Waals surface area contributed by atoms with Gasteiger partial charge >= 0.3 is 0 Å². The van der Waals surface area contributed by atoms with Gasteiger partial charge in [-0.25, -0.2) is 4.98 Å². The first-order chi connectivity index (χ1) is 9.25. The van der Waals surface area contributed by atoms with Crippen molar-refractivity contribution in [3.63, 3.8) is 0 Å². The third-order valence-corrected chi connectivity index (χ3v) is 3.30. The summed E-state index contributed by atoms with van der Waals surface area (Å²) in [4.78, 5) is 8.09. The highest BCUT2D eigenvalue weighted by Crippen LogP contribution is 2.28. The lowest BCUT2D eigenvalue weighted by Crippen LogP contribution is -2.01. The summed E-state index contributed by atoms with van der Waals surface area (Å²) in [6.07, 6.45) is 4.37. The molecule has 2 heterocycles. The van der Waals surface area contributed by atoms with Crippen LogP contribution in [0.3, 0.4) is 0 Å². The zero-order valence-corrected chi connectivity index (χ0v) is 10.7. The maximum atomic E-state index is 10.5. The predicted octanol–water partition coefficient (Wildman–Crippen LogP) is 3.36. The van der Waals surface area contributed by atoms with Gasteiger partial charge in [-0.1, -0.05) is 35.9 Å². The van der Waals surface area contributed by atoms with Crippen molar-refractivity contribution in [3.8, 4) is 0 Å². The highest BCUT2D eigenvalue weighted by molar-refractivity contribution is 6.29. The Kier molecular flexibility index (Phi) is 3.15. The second kappa shape index (κ2) is 4.96. The summed E-state index contributed by atoms with van der Waals surface area (Å²) in [5, 5.41) is 12.9. The summed E-state index contributed by atoms with van der Waals surface area (Å²) >= 11 is 5.76. The normalized spacial score (nSPS) is 12.5. The van der Waals surface area contributed by atoms with Crippen LogP contribution in [-0.4, -0.2) is 15.1 Å². The fourth-order valence-corrected chi connectivity index (χ4v) is 2.23. The van der Waals surface area contributed by atoms with Crippen LogP contribution in [0.25, 0.3) is 10.8 Å². The van der Waals surface area contributed by atoms with E-state index < -0.39 is 6.10 Å². The zero-order chi connectivity index (χ0) is 13.2. The van der Waals surface area contributed by atoms with Crippen LogP contribution in [0.5, 0.6) is 0 Å². The van der Waals surface area contributed by atoms with Crippen LogP contribution in [0.15, 0.2) is 55.0 Å². The number of benzene rings is 1. The fraction of sp³-hybridized carbons (Fsp3) is 0.0667. The highest BCUT2D eigenvalue weighted by atomic mass is 35.5. The average molecular weight is 271 g/mol. The maximum Gasteiger partial charge on any atom is 0.129 e. The fourth-order valence-electron chi connectivity index (χ4n) is 2.11. The monoisotopic (exact) mass is 270 g/mol. The van der Waals surface area contributed by atoms with Crippen molar-refractivity contribution in [1.29, 1.82) is 0 Å². The molecule has 19 heavy (non-hydrogen) atoms. The van der Waals surface area contributed by atoms with E-state index in [-0.39, 0.29) is 0 Å². The molecule has 3 aromatic rings. The number of fused-ring (bicyclic) bond motifs is 1. The Bertz CT molecular complexity index is 707. The second-order valence-electron chi connectivity index (χ2n) is 4.26. The summed E-state index contributed by atoms with van der Waals surface area (Å²) in [7, 11) is 0. The van der Waals surface area contributed by atoms with Crippen molar-refractivity contribution < 1.29 is 5.11 Å². The van der Waals surface area contributed by atoms with Crippen LogP contribution in [0.4, 0.5) is 0 Å². The predicted molar refractivity (Wildman–Crippen MR) is 75.1 cm³/mol. The number of hydrogen-bond donors (Lipinski definition) is 1. The van der Waals surface area contributed by atoms with E-state index >= 15 is 0 Å². The minimum absolute atomic E-state index is 0.415. The van der Waals surface area contributed by atoms with E-state index in [1.807, 2.05) is 24.3 Å². The van der Waals surface area contributed by atoms with Gasteiger partial charge in [-0.15, -0.1) is 0 Å². The van der Waals surface area contributed by atoms with Gasteiger partial charge in [0.15, 0.2) is 0 Å². The third-order valence-electron chi connectivity index (χ3n) is 3.08. The molecule has 0 bridgehead atoms. The standard InChI is InChI=1S/C15H11ClN2O/c16-14-5-4-11(9-18-14)15(19)13-3-1-2-10-8-17-7-6-12(10)13/h1-9,15,19H. The maximum absolute atomic E-state index is 10.5. The minimum Gasteiger partial charge on any atom is -0.384 e. The number of aliphatic hydroxyl groups excluding tert-OH is 1. The Balaban J connectivity index is 2.11. The van der Waals surface area contributed by atoms with Crippen molar-refractivity contribution in [2.24, 2.45) is 0 Å². The Hall–Kier alpha value is -1.97. The number of rotatable bonds is 2. The van der Waals surface area contributed by atoms with E-state index in [1.54, 1.807) is 30.7 Å². The molecule has 0 radical (unpaired) electrons. The SMILES string of the molecule is OC(c1ccc(Cl)nc1)c1cccc2cnccc12. The summed E-state index contributed by atoms with van der Waals surface area (Å²) in [6.45, 7) is 0. The van der Waals surface area contributed by atoms with Crippen LogP contribution in [0.2, 0.25) is 5.15 Å². The van der Waals surface area contributed by atoms with Crippen LogP contribution in [0, 0.1) is 0 Å². The van der Waals surface area contributed by atoms with Crippen molar-refractivity contribution in [2.45, 2.75) is 6.10 Å². The van der Waals surface area contributed by atoms with Crippen LogP contribution in [-0.2, 0) is 0 Å². The summed E-state index contributed by atoms with van der Waals surface area (Å²) in [6, 6.07) is 11.1. The van der Waals surface area contributed by atoms with Gasteiger partial charge in [0.25, 0.3) is 0 Å². The first-order valence-corrected chi connectivity index (χ1v) is 6.25. The molecular formula is C15H11ClN2O. The van der Waals surface area contributed by atoms with Crippen molar-refractivity contribution in [3.05, 3.63) is 71.3 Å². The Labute approximate surface area is 115 Å². The molecule has 1 N–H and O–H groups in total. The number of halogens is 1. The van der Waals surface area contributed by atoms with Gasteiger partial charge in [-0.3, -0.25) is 4.98 Å². The minimum atomic E-state index is -0.726. The lowest BCUT2D eigenvalue weighted by Gasteiger charge is -2.13. The molecule has 2 aromatic heterocycles. The van der Waals surface area contributed by atoms with Gasteiger partial charge in [-0.05, 0) is 23.1 Å². The molecular weight excluding hydrogens is 260 g/mol. The van der Waals surface area contributed by atoms with Gasteiger partial charge in [0.1, 0.15) is 11.3 Å². The topological polar surface area (TPSA) is 46.0 Å². The van der Waals surface area contributed by atoms with Crippen LogP contribution in [0.1, 0.15) is 17.2 Å². The highest BCUT2D eigenvalue weighted by Gasteiger charge is 2.13. The summed E-state index contributed by atoms with van der Waals surface area (Å²) < 4.78 is 0. The Morgan fingerprint density at radius 1 is 1.05 bits per heavy atom. The van der Waals surface area contributed by atoms with E-state index in [4.69, 9.17) is 11.6 Å². The largest absolute Gasteiger partial charge is 0.384 e. The molecule has 3 rings (SSSR count). The lowest BCUT2D eigenvalue weighted by molar-refractivity contribution is 0.221. The number of pyridine rings is 2. The van der Waals surface area contributed by atoms with Gasteiger partial charge in [-0.2, -0.15) is 0 Å². The molecule has 0 fully saturated rings. The van der Waals surface area contributed by atoms with E-state index in [0.29, 0.717) is 10.7 Å². The van der Waals surface area contributed by atoms with E-state index in [9.17, 15) is 5.11 Å². The molecule has 1 aromatic carbocycles. The number of hydrogen-bond acceptors (Lipinski definition) is 3. The van der Waals surface area contributed by atoms with Crippen molar-refractivity contribution >= 4 is 22.4 Å².